The minimum atomic E-state index is 0.961. The Labute approximate surface area is 63.0 Å². The molecule has 0 aliphatic rings. The second-order valence-corrected chi connectivity index (χ2v) is 2.13. The van der Waals surface area contributed by atoms with Crippen LogP contribution in [0.2, 0.25) is 0 Å². The Bertz CT molecular complexity index is 145. The maximum atomic E-state index is 4.14. The van der Waals surface area contributed by atoms with E-state index in [-0.39, 0.29) is 0 Å². The van der Waals surface area contributed by atoms with Crippen LogP contribution in [-0.2, 0) is 0 Å². The number of nitrogens with zero attached hydrogens (tertiary/aromatic N) is 1. The third-order valence-electron chi connectivity index (χ3n) is 1.31. The number of nitrogens with one attached hydrogen (secondary N) is 1. The number of aliphatic imine (C=N–C) groups is 1. The molecule has 2 nitrogen and oxygen atoms in total. The van der Waals surface area contributed by atoms with Crippen LogP contribution in [0.3, 0.4) is 0 Å². The van der Waals surface area contributed by atoms with Gasteiger partial charge in [0.15, 0.2) is 0 Å². The van der Waals surface area contributed by atoms with E-state index in [0.717, 1.165) is 17.9 Å². The maximum absolute atomic E-state index is 4.14. The van der Waals surface area contributed by atoms with E-state index in [4.69, 9.17) is 0 Å². The van der Waals surface area contributed by atoms with Crippen molar-refractivity contribution < 1.29 is 0 Å². The van der Waals surface area contributed by atoms with Crippen LogP contribution in [-0.4, -0.2) is 12.8 Å². The minimum Gasteiger partial charge on any atom is -0.387 e. The lowest BCUT2D eigenvalue weighted by Gasteiger charge is -2.03. The molecule has 0 aliphatic heterocycles. The molecule has 0 aromatic rings. The Morgan fingerprint density at radius 3 is 2.50 bits per heavy atom. The van der Waals surface area contributed by atoms with Crippen molar-refractivity contribution >= 4 is 6.21 Å². The maximum Gasteiger partial charge on any atom is 0.0554 e. The molecule has 0 atom stereocenters. The molecule has 0 bridgehead atoms. The lowest BCUT2D eigenvalue weighted by atomic mass is 10.4. The lowest BCUT2D eigenvalue weighted by molar-refractivity contribution is 0.835. The van der Waals surface area contributed by atoms with Crippen LogP contribution in [0, 0.1) is 0 Å². The van der Waals surface area contributed by atoms with Crippen LogP contribution in [0.25, 0.3) is 0 Å². The monoisotopic (exact) mass is 140 g/mol. The van der Waals surface area contributed by atoms with Crippen molar-refractivity contribution in [3.8, 4) is 0 Å². The highest BCUT2D eigenvalue weighted by molar-refractivity contribution is 5.55. The van der Waals surface area contributed by atoms with Gasteiger partial charge in [0, 0.05) is 18.5 Å². The van der Waals surface area contributed by atoms with Gasteiger partial charge in [0.25, 0.3) is 0 Å². The van der Waals surface area contributed by atoms with Crippen molar-refractivity contribution in [2.45, 2.75) is 27.7 Å². The fourth-order valence-electron chi connectivity index (χ4n) is 0.684. The van der Waals surface area contributed by atoms with Crippen LogP contribution in [0.5, 0.6) is 0 Å². The molecule has 0 spiro atoms. The van der Waals surface area contributed by atoms with E-state index in [2.05, 4.69) is 17.2 Å². The van der Waals surface area contributed by atoms with Crippen LogP contribution in [0.15, 0.2) is 16.4 Å². The number of allylic oxidation sites excluding steroid dienone is 2. The van der Waals surface area contributed by atoms with Gasteiger partial charge in [0.1, 0.15) is 0 Å². The molecule has 2 heteroatoms. The molecule has 58 valence electrons. The first kappa shape index (κ1) is 9.21. The normalized spacial score (nSPS) is 13.6. The van der Waals surface area contributed by atoms with Gasteiger partial charge in [-0.2, -0.15) is 0 Å². The van der Waals surface area contributed by atoms with Gasteiger partial charge in [-0.3, -0.25) is 4.99 Å². The van der Waals surface area contributed by atoms with E-state index in [0.29, 0.717) is 0 Å². The molecule has 0 saturated carbocycles. The molecule has 1 N–H and O–H groups in total. The van der Waals surface area contributed by atoms with E-state index in [1.165, 1.54) is 0 Å². The number of rotatable bonds is 3. The topological polar surface area (TPSA) is 24.4 Å². The first-order valence-corrected chi connectivity index (χ1v) is 3.62. The van der Waals surface area contributed by atoms with Crippen molar-refractivity contribution in [2.75, 3.05) is 6.54 Å². The van der Waals surface area contributed by atoms with Gasteiger partial charge in [-0.05, 0) is 27.7 Å². The highest BCUT2D eigenvalue weighted by Crippen LogP contribution is 1.99. The summed E-state index contributed by atoms with van der Waals surface area (Å²) < 4.78 is 0. The molecule has 0 rings (SSSR count). The van der Waals surface area contributed by atoms with Crippen molar-refractivity contribution in [2.24, 2.45) is 4.99 Å². The van der Waals surface area contributed by atoms with Crippen molar-refractivity contribution in [3.63, 3.8) is 0 Å². The Kier molecular flexibility index (Phi) is 4.63. The fourth-order valence-corrected chi connectivity index (χ4v) is 0.684. The molecule has 0 saturated heterocycles. The Hall–Kier alpha value is -0.790. The van der Waals surface area contributed by atoms with Crippen molar-refractivity contribution in [1.29, 1.82) is 0 Å². The van der Waals surface area contributed by atoms with Gasteiger partial charge >= 0.3 is 0 Å². The molecule has 10 heavy (non-hydrogen) atoms. The molecular formula is C8H16N2. The summed E-state index contributed by atoms with van der Waals surface area (Å²) in [6.45, 7) is 8.99. The summed E-state index contributed by atoms with van der Waals surface area (Å²) in [5, 5.41) is 3.20. The summed E-state index contributed by atoms with van der Waals surface area (Å²) in [7, 11) is 0. The van der Waals surface area contributed by atoms with Gasteiger partial charge in [-0.15, -0.1) is 0 Å². The minimum absolute atomic E-state index is 0.961. The highest BCUT2D eigenvalue weighted by Gasteiger charge is 1.89. The van der Waals surface area contributed by atoms with Gasteiger partial charge in [0.2, 0.25) is 0 Å². The summed E-state index contributed by atoms with van der Waals surface area (Å²) in [5.74, 6) is 0. The standard InChI is InChI=1S/C8H16N2/c1-5-9-7(3)8(4)10-6-2/h5,10H,6H2,1-4H3/b8-7-,9-5?. The zero-order chi connectivity index (χ0) is 7.98. The largest absolute Gasteiger partial charge is 0.387 e. The Morgan fingerprint density at radius 2 is 2.10 bits per heavy atom. The van der Waals surface area contributed by atoms with E-state index in [9.17, 15) is 0 Å². The average molecular weight is 140 g/mol. The first-order valence-electron chi connectivity index (χ1n) is 3.62. The van der Waals surface area contributed by atoms with E-state index < -0.39 is 0 Å². The predicted molar refractivity (Wildman–Crippen MR) is 46.2 cm³/mol. The van der Waals surface area contributed by atoms with Crippen LogP contribution >= 0.6 is 0 Å². The first-order chi connectivity index (χ1) is 4.72. The van der Waals surface area contributed by atoms with Gasteiger partial charge in [-0.1, -0.05) is 0 Å². The van der Waals surface area contributed by atoms with Crippen LogP contribution in [0.1, 0.15) is 27.7 Å². The van der Waals surface area contributed by atoms with Crippen molar-refractivity contribution in [1.82, 2.24) is 5.32 Å². The summed E-state index contributed by atoms with van der Waals surface area (Å²) in [4.78, 5) is 4.14. The van der Waals surface area contributed by atoms with Crippen LogP contribution in [0.4, 0.5) is 0 Å². The molecule has 0 aliphatic carbocycles. The summed E-state index contributed by atoms with van der Waals surface area (Å²) >= 11 is 0. The smallest absolute Gasteiger partial charge is 0.0554 e. The van der Waals surface area contributed by atoms with E-state index >= 15 is 0 Å². The molecule has 0 aromatic heterocycles. The zero-order valence-corrected chi connectivity index (χ0v) is 7.23. The predicted octanol–water partition coefficient (Wildman–Crippen LogP) is 1.94. The lowest BCUT2D eigenvalue weighted by Crippen LogP contribution is -2.10. The Morgan fingerprint density at radius 1 is 1.50 bits per heavy atom. The van der Waals surface area contributed by atoms with Gasteiger partial charge in [0.05, 0.1) is 5.70 Å². The van der Waals surface area contributed by atoms with Gasteiger partial charge in [-0.25, -0.2) is 0 Å². The van der Waals surface area contributed by atoms with Crippen LogP contribution < -0.4 is 5.32 Å². The molecule has 0 unspecified atom stereocenters. The second kappa shape index (κ2) is 5.03. The molecule has 0 radical (unpaired) electrons. The SMILES string of the molecule is CC=N/C(C)=C(/C)NCC. The average Bonchev–Trinajstić information content (AvgIpc) is 1.89. The summed E-state index contributed by atoms with van der Waals surface area (Å²) in [5.41, 5.74) is 2.21. The number of hydrogen-bond donors (Lipinski definition) is 1. The molecule has 0 aromatic carbocycles. The van der Waals surface area contributed by atoms with Gasteiger partial charge < -0.3 is 5.32 Å². The van der Waals surface area contributed by atoms with E-state index in [1.54, 1.807) is 6.21 Å². The number of hydrogen-bond acceptors (Lipinski definition) is 2. The van der Waals surface area contributed by atoms with E-state index in [1.807, 2.05) is 20.8 Å². The molecule has 0 heterocycles. The summed E-state index contributed by atoms with van der Waals surface area (Å²) in [6, 6.07) is 0. The molecule has 0 fully saturated rings. The molecule has 0 amide bonds. The third kappa shape index (κ3) is 3.28. The highest BCUT2D eigenvalue weighted by atomic mass is 14.9. The second-order valence-electron chi connectivity index (χ2n) is 2.13. The van der Waals surface area contributed by atoms with Crippen molar-refractivity contribution in [3.05, 3.63) is 11.4 Å². The molecular weight excluding hydrogens is 124 g/mol. The fraction of sp³-hybridized carbons (Fsp3) is 0.625. The third-order valence-corrected chi connectivity index (χ3v) is 1.31. The summed E-state index contributed by atoms with van der Waals surface area (Å²) in [6.07, 6.45) is 1.80. The quantitative estimate of drug-likeness (QED) is 0.595. The zero-order valence-electron chi connectivity index (χ0n) is 7.23. The Balaban J connectivity index is 4.04.